The molecule has 3 aromatic rings. The number of benzene rings is 1. The minimum absolute atomic E-state index is 0.162. The van der Waals surface area contributed by atoms with Gasteiger partial charge in [-0.3, -0.25) is 9.69 Å². The molecule has 0 unspecified atom stereocenters. The zero-order valence-electron chi connectivity index (χ0n) is 15.1. The second-order valence-corrected chi connectivity index (χ2v) is 6.81. The predicted molar refractivity (Wildman–Crippen MR) is 106 cm³/mol. The Morgan fingerprint density at radius 1 is 1.15 bits per heavy atom. The molecule has 0 saturated heterocycles. The van der Waals surface area contributed by atoms with Crippen molar-refractivity contribution in [3.05, 3.63) is 70.8 Å². The molecule has 0 aliphatic carbocycles. The van der Waals surface area contributed by atoms with Gasteiger partial charge in [-0.2, -0.15) is 11.3 Å². The topological polar surface area (TPSA) is 45.5 Å². The van der Waals surface area contributed by atoms with Crippen LogP contribution < -0.4 is 5.32 Å². The Bertz CT molecular complexity index is 808. The second kappa shape index (κ2) is 8.83. The van der Waals surface area contributed by atoms with E-state index in [4.69, 9.17) is 4.42 Å². The number of likely N-dealkylation sites (N-methyl/N-ethyl adjacent to an activating group) is 1. The van der Waals surface area contributed by atoms with Crippen molar-refractivity contribution in [2.24, 2.45) is 0 Å². The van der Waals surface area contributed by atoms with Gasteiger partial charge in [-0.15, -0.1) is 0 Å². The van der Waals surface area contributed by atoms with Gasteiger partial charge in [-0.1, -0.05) is 44.2 Å². The third kappa shape index (κ3) is 4.06. The third-order valence-corrected chi connectivity index (χ3v) is 5.29. The SMILES string of the molecule is CCN(CC)[C@H](CNC(=O)c1occc1-c1ccccc1)c1ccsc1. The van der Waals surface area contributed by atoms with Crippen molar-refractivity contribution < 1.29 is 9.21 Å². The van der Waals surface area contributed by atoms with E-state index in [0.29, 0.717) is 12.3 Å². The zero-order chi connectivity index (χ0) is 18.4. The van der Waals surface area contributed by atoms with Crippen molar-refractivity contribution in [3.63, 3.8) is 0 Å². The Hall–Kier alpha value is -2.37. The van der Waals surface area contributed by atoms with E-state index >= 15 is 0 Å². The molecular weight excluding hydrogens is 344 g/mol. The van der Waals surface area contributed by atoms with Crippen LogP contribution in [0.3, 0.4) is 0 Å². The fourth-order valence-corrected chi connectivity index (χ4v) is 3.89. The maximum absolute atomic E-state index is 12.8. The number of hydrogen-bond donors (Lipinski definition) is 1. The molecule has 0 bridgehead atoms. The first-order valence-electron chi connectivity index (χ1n) is 8.91. The lowest BCUT2D eigenvalue weighted by molar-refractivity contribution is 0.0908. The lowest BCUT2D eigenvalue weighted by Gasteiger charge is -2.29. The van der Waals surface area contributed by atoms with Crippen LogP contribution in [0.15, 0.2) is 63.9 Å². The minimum Gasteiger partial charge on any atom is -0.459 e. The van der Waals surface area contributed by atoms with Crippen molar-refractivity contribution in [2.75, 3.05) is 19.6 Å². The minimum atomic E-state index is -0.179. The molecule has 1 aromatic carbocycles. The molecule has 2 aromatic heterocycles. The van der Waals surface area contributed by atoms with Crippen LogP contribution in [0.1, 0.15) is 36.0 Å². The number of nitrogens with one attached hydrogen (secondary N) is 1. The summed E-state index contributed by atoms with van der Waals surface area (Å²) in [6.45, 7) is 6.70. The summed E-state index contributed by atoms with van der Waals surface area (Å²) in [6, 6.07) is 14.0. The number of carbonyl (C=O) groups excluding carboxylic acids is 1. The smallest absolute Gasteiger partial charge is 0.287 e. The van der Waals surface area contributed by atoms with Crippen LogP contribution in [-0.2, 0) is 0 Å². The van der Waals surface area contributed by atoms with Crippen LogP contribution in [-0.4, -0.2) is 30.4 Å². The van der Waals surface area contributed by atoms with E-state index in [0.717, 1.165) is 24.2 Å². The molecule has 0 aliphatic heterocycles. The summed E-state index contributed by atoms with van der Waals surface area (Å²) in [7, 11) is 0. The molecule has 2 heterocycles. The summed E-state index contributed by atoms with van der Waals surface area (Å²) in [4.78, 5) is 15.1. The molecule has 4 nitrogen and oxygen atoms in total. The summed E-state index contributed by atoms with van der Waals surface area (Å²) < 4.78 is 5.49. The number of carbonyl (C=O) groups is 1. The third-order valence-electron chi connectivity index (χ3n) is 4.59. The molecule has 0 saturated carbocycles. The van der Waals surface area contributed by atoms with Gasteiger partial charge in [-0.25, -0.2) is 0 Å². The van der Waals surface area contributed by atoms with Gasteiger partial charge in [0.05, 0.1) is 12.3 Å². The highest BCUT2D eigenvalue weighted by molar-refractivity contribution is 7.07. The fraction of sp³-hybridized carbons (Fsp3) is 0.286. The van der Waals surface area contributed by atoms with Crippen LogP contribution in [0.5, 0.6) is 0 Å². The molecule has 3 rings (SSSR count). The molecule has 1 amide bonds. The van der Waals surface area contributed by atoms with E-state index < -0.39 is 0 Å². The van der Waals surface area contributed by atoms with Crippen LogP contribution in [0.4, 0.5) is 0 Å². The molecule has 136 valence electrons. The maximum Gasteiger partial charge on any atom is 0.287 e. The predicted octanol–water partition coefficient (Wildman–Crippen LogP) is 4.82. The Labute approximate surface area is 158 Å². The summed E-state index contributed by atoms with van der Waals surface area (Å²) in [5.74, 6) is 0.182. The number of rotatable bonds is 8. The van der Waals surface area contributed by atoms with Crippen molar-refractivity contribution >= 4 is 17.2 Å². The van der Waals surface area contributed by atoms with E-state index in [1.807, 2.05) is 36.4 Å². The number of thiophene rings is 1. The highest BCUT2D eigenvalue weighted by atomic mass is 32.1. The van der Waals surface area contributed by atoms with Gasteiger partial charge in [0.25, 0.3) is 5.91 Å². The van der Waals surface area contributed by atoms with Gasteiger partial charge < -0.3 is 9.73 Å². The lowest BCUT2D eigenvalue weighted by atomic mass is 10.1. The van der Waals surface area contributed by atoms with Crippen LogP contribution in [0.2, 0.25) is 0 Å². The number of hydrogen-bond acceptors (Lipinski definition) is 4. The van der Waals surface area contributed by atoms with Gasteiger partial charge in [0, 0.05) is 12.1 Å². The fourth-order valence-electron chi connectivity index (χ4n) is 3.19. The van der Waals surface area contributed by atoms with E-state index in [1.165, 1.54) is 5.56 Å². The number of furan rings is 1. The molecule has 0 spiro atoms. The highest BCUT2D eigenvalue weighted by Gasteiger charge is 2.22. The van der Waals surface area contributed by atoms with Crippen LogP contribution >= 0.6 is 11.3 Å². The number of amides is 1. The second-order valence-electron chi connectivity index (χ2n) is 6.03. The normalized spacial score (nSPS) is 12.3. The van der Waals surface area contributed by atoms with Gasteiger partial charge in [0.2, 0.25) is 0 Å². The Kier molecular flexibility index (Phi) is 6.26. The van der Waals surface area contributed by atoms with E-state index in [9.17, 15) is 4.79 Å². The van der Waals surface area contributed by atoms with E-state index in [1.54, 1.807) is 17.6 Å². The molecule has 1 atom stereocenters. The Morgan fingerprint density at radius 2 is 1.92 bits per heavy atom. The first-order chi connectivity index (χ1) is 12.7. The van der Waals surface area contributed by atoms with Crippen molar-refractivity contribution in [3.8, 4) is 11.1 Å². The van der Waals surface area contributed by atoms with Gasteiger partial charge >= 0.3 is 0 Å². The Morgan fingerprint density at radius 3 is 2.58 bits per heavy atom. The largest absolute Gasteiger partial charge is 0.459 e. The Balaban J connectivity index is 1.75. The average Bonchev–Trinajstić information content (AvgIpc) is 3.37. The molecular formula is C21H24N2O2S. The van der Waals surface area contributed by atoms with E-state index in [-0.39, 0.29) is 11.9 Å². The first kappa shape index (κ1) is 18.4. The summed E-state index contributed by atoms with van der Waals surface area (Å²) >= 11 is 1.68. The molecule has 5 heteroatoms. The average molecular weight is 369 g/mol. The summed E-state index contributed by atoms with van der Waals surface area (Å²) in [5.41, 5.74) is 3.03. The quantitative estimate of drug-likeness (QED) is 0.620. The van der Waals surface area contributed by atoms with Crippen molar-refractivity contribution in [1.82, 2.24) is 10.2 Å². The van der Waals surface area contributed by atoms with Gasteiger partial charge in [0.15, 0.2) is 5.76 Å². The summed E-state index contributed by atoms with van der Waals surface area (Å²) in [5, 5.41) is 7.29. The summed E-state index contributed by atoms with van der Waals surface area (Å²) in [6.07, 6.45) is 1.57. The molecule has 1 N–H and O–H groups in total. The monoisotopic (exact) mass is 368 g/mol. The van der Waals surface area contributed by atoms with Crippen molar-refractivity contribution in [1.29, 1.82) is 0 Å². The van der Waals surface area contributed by atoms with Gasteiger partial charge in [0.1, 0.15) is 0 Å². The van der Waals surface area contributed by atoms with Gasteiger partial charge in [-0.05, 0) is 47.1 Å². The zero-order valence-corrected chi connectivity index (χ0v) is 16.0. The van der Waals surface area contributed by atoms with E-state index in [2.05, 4.69) is 40.9 Å². The molecule has 0 radical (unpaired) electrons. The number of nitrogens with zero attached hydrogens (tertiary/aromatic N) is 1. The lowest BCUT2D eigenvalue weighted by Crippen LogP contribution is -2.37. The molecule has 0 aliphatic rings. The first-order valence-corrected chi connectivity index (χ1v) is 9.86. The maximum atomic E-state index is 12.8. The van der Waals surface area contributed by atoms with Crippen LogP contribution in [0, 0.1) is 0 Å². The highest BCUT2D eigenvalue weighted by Crippen LogP contribution is 2.26. The molecule has 26 heavy (non-hydrogen) atoms. The van der Waals surface area contributed by atoms with Crippen molar-refractivity contribution in [2.45, 2.75) is 19.9 Å². The van der Waals surface area contributed by atoms with Crippen LogP contribution in [0.25, 0.3) is 11.1 Å². The molecule has 0 fully saturated rings. The standard InChI is InChI=1S/C21H24N2O2S/c1-3-23(4-2)19(17-11-13-26-15-17)14-22-21(24)20-18(10-12-25-20)16-8-6-5-7-9-16/h5-13,15,19H,3-4,14H2,1-2H3,(H,22,24)/t19-/m1/s1.